The third kappa shape index (κ3) is 5.82. The molecule has 1 N–H and O–H groups in total. The number of benzene rings is 1. The van der Waals surface area contributed by atoms with Crippen LogP contribution in [-0.2, 0) is 16.0 Å². The quantitative estimate of drug-likeness (QED) is 0.709. The molecule has 0 heterocycles. The molecule has 0 bridgehead atoms. The van der Waals surface area contributed by atoms with Gasteiger partial charge in [0.05, 0.1) is 26.9 Å². The zero-order valence-corrected chi connectivity index (χ0v) is 12.5. The summed E-state index contributed by atoms with van der Waals surface area (Å²) >= 11 is 3.52. The first-order valence-electron chi connectivity index (χ1n) is 5.87. The van der Waals surface area contributed by atoms with Crippen molar-refractivity contribution in [3.8, 4) is 5.75 Å². The fourth-order valence-electron chi connectivity index (χ4n) is 1.43. The minimum atomic E-state index is 0.640. The fourth-order valence-corrected chi connectivity index (χ4v) is 1.81. The molecule has 0 spiro atoms. The van der Waals surface area contributed by atoms with E-state index in [4.69, 9.17) is 14.2 Å². The lowest BCUT2D eigenvalue weighted by Crippen LogP contribution is -2.20. The van der Waals surface area contributed by atoms with Crippen molar-refractivity contribution in [2.75, 3.05) is 40.6 Å². The van der Waals surface area contributed by atoms with E-state index in [9.17, 15) is 0 Å². The Morgan fingerprint density at radius 2 is 2.00 bits per heavy atom. The van der Waals surface area contributed by atoms with Crippen LogP contribution in [0.2, 0.25) is 0 Å². The van der Waals surface area contributed by atoms with Crippen LogP contribution < -0.4 is 10.1 Å². The number of ether oxygens (including phenoxy) is 3. The van der Waals surface area contributed by atoms with E-state index < -0.39 is 0 Å². The van der Waals surface area contributed by atoms with Gasteiger partial charge in [0, 0.05) is 24.7 Å². The normalized spacial score (nSPS) is 10.6. The van der Waals surface area contributed by atoms with E-state index in [1.165, 1.54) is 5.56 Å². The van der Waals surface area contributed by atoms with E-state index in [0.717, 1.165) is 23.3 Å². The summed E-state index contributed by atoms with van der Waals surface area (Å²) in [6.07, 6.45) is 0. The third-order valence-electron chi connectivity index (χ3n) is 2.42. The highest BCUT2D eigenvalue weighted by molar-refractivity contribution is 9.10. The molecule has 102 valence electrons. The Bertz CT molecular complexity index is 347. The molecule has 1 aromatic carbocycles. The summed E-state index contributed by atoms with van der Waals surface area (Å²) in [7, 11) is 3.34. The summed E-state index contributed by atoms with van der Waals surface area (Å²) in [5, 5.41) is 3.32. The number of methoxy groups -OCH3 is 2. The molecular weight excluding hydrogens is 298 g/mol. The van der Waals surface area contributed by atoms with Gasteiger partial charge in [0.25, 0.3) is 0 Å². The first-order chi connectivity index (χ1) is 8.77. The van der Waals surface area contributed by atoms with Gasteiger partial charge in [0.1, 0.15) is 5.75 Å². The second-order valence-electron chi connectivity index (χ2n) is 3.74. The average molecular weight is 318 g/mol. The summed E-state index contributed by atoms with van der Waals surface area (Å²) < 4.78 is 16.5. The molecule has 0 aliphatic rings. The maximum absolute atomic E-state index is 5.36. The van der Waals surface area contributed by atoms with Crippen molar-refractivity contribution in [1.29, 1.82) is 0 Å². The van der Waals surface area contributed by atoms with Gasteiger partial charge in [0.2, 0.25) is 0 Å². The molecule has 0 aliphatic heterocycles. The van der Waals surface area contributed by atoms with Crippen molar-refractivity contribution in [1.82, 2.24) is 5.32 Å². The van der Waals surface area contributed by atoms with Crippen LogP contribution in [-0.4, -0.2) is 40.6 Å². The van der Waals surface area contributed by atoms with E-state index in [1.807, 2.05) is 18.2 Å². The minimum absolute atomic E-state index is 0.640. The number of rotatable bonds is 9. The van der Waals surface area contributed by atoms with E-state index in [0.29, 0.717) is 19.8 Å². The Hall–Kier alpha value is -0.620. The van der Waals surface area contributed by atoms with Crippen LogP contribution >= 0.6 is 15.9 Å². The molecule has 18 heavy (non-hydrogen) atoms. The standard InChI is InChI=1S/C13H20BrNO3/c1-16-7-8-18-6-5-15-10-11-9-12(17-2)3-4-13(11)14/h3-4,9,15H,5-8,10H2,1-2H3. The molecule has 1 aromatic rings. The summed E-state index contributed by atoms with van der Waals surface area (Å²) in [6.45, 7) is 3.56. The predicted octanol–water partition coefficient (Wildman–Crippen LogP) is 2.21. The molecule has 0 atom stereocenters. The lowest BCUT2D eigenvalue weighted by Gasteiger charge is -2.09. The van der Waals surface area contributed by atoms with Gasteiger partial charge < -0.3 is 19.5 Å². The number of halogens is 1. The van der Waals surface area contributed by atoms with Crippen LogP contribution in [0.4, 0.5) is 0 Å². The van der Waals surface area contributed by atoms with Gasteiger partial charge in [-0.3, -0.25) is 0 Å². The van der Waals surface area contributed by atoms with Crippen molar-refractivity contribution in [3.05, 3.63) is 28.2 Å². The summed E-state index contributed by atoms with van der Waals surface area (Å²) in [5.41, 5.74) is 1.17. The Morgan fingerprint density at radius 1 is 1.17 bits per heavy atom. The smallest absolute Gasteiger partial charge is 0.119 e. The van der Waals surface area contributed by atoms with Gasteiger partial charge in [-0.15, -0.1) is 0 Å². The number of hydrogen-bond donors (Lipinski definition) is 1. The Labute approximate surface area is 117 Å². The molecular formula is C13H20BrNO3. The van der Waals surface area contributed by atoms with Crippen LogP contribution in [0.5, 0.6) is 5.75 Å². The Balaban J connectivity index is 2.22. The van der Waals surface area contributed by atoms with Gasteiger partial charge in [-0.05, 0) is 23.8 Å². The van der Waals surface area contributed by atoms with Crippen molar-refractivity contribution < 1.29 is 14.2 Å². The molecule has 0 aromatic heterocycles. The zero-order valence-electron chi connectivity index (χ0n) is 10.9. The average Bonchev–Trinajstić information content (AvgIpc) is 2.39. The molecule has 0 saturated heterocycles. The molecule has 0 fully saturated rings. The van der Waals surface area contributed by atoms with Gasteiger partial charge in [-0.2, -0.15) is 0 Å². The summed E-state index contributed by atoms with van der Waals surface area (Å²) in [4.78, 5) is 0. The molecule has 1 rings (SSSR count). The highest BCUT2D eigenvalue weighted by atomic mass is 79.9. The zero-order chi connectivity index (χ0) is 13.2. The highest BCUT2D eigenvalue weighted by Gasteiger charge is 2.01. The highest BCUT2D eigenvalue weighted by Crippen LogP contribution is 2.22. The van der Waals surface area contributed by atoms with E-state index in [2.05, 4.69) is 21.2 Å². The van der Waals surface area contributed by atoms with Crippen LogP contribution in [0.25, 0.3) is 0 Å². The first-order valence-corrected chi connectivity index (χ1v) is 6.67. The molecule has 5 heteroatoms. The van der Waals surface area contributed by atoms with E-state index >= 15 is 0 Å². The largest absolute Gasteiger partial charge is 0.497 e. The maximum Gasteiger partial charge on any atom is 0.119 e. The second-order valence-corrected chi connectivity index (χ2v) is 4.59. The van der Waals surface area contributed by atoms with Crippen LogP contribution in [0.1, 0.15) is 5.56 Å². The molecule has 0 amide bonds. The Kier molecular flexibility index (Phi) is 8.00. The SMILES string of the molecule is COCCOCCNCc1cc(OC)ccc1Br. The molecule has 0 saturated carbocycles. The van der Waals surface area contributed by atoms with E-state index in [1.54, 1.807) is 14.2 Å². The Morgan fingerprint density at radius 3 is 2.72 bits per heavy atom. The van der Waals surface area contributed by atoms with Crippen LogP contribution in [0.3, 0.4) is 0 Å². The molecule has 0 aliphatic carbocycles. The lowest BCUT2D eigenvalue weighted by atomic mass is 10.2. The summed E-state index contributed by atoms with van der Waals surface area (Å²) in [6, 6.07) is 5.94. The maximum atomic E-state index is 5.36. The number of hydrogen-bond acceptors (Lipinski definition) is 4. The fraction of sp³-hybridized carbons (Fsp3) is 0.538. The van der Waals surface area contributed by atoms with Crippen molar-refractivity contribution in [2.45, 2.75) is 6.54 Å². The van der Waals surface area contributed by atoms with E-state index in [-0.39, 0.29) is 0 Å². The molecule has 4 nitrogen and oxygen atoms in total. The summed E-state index contributed by atoms with van der Waals surface area (Å²) in [5.74, 6) is 0.867. The van der Waals surface area contributed by atoms with Gasteiger partial charge in [-0.25, -0.2) is 0 Å². The molecule has 0 unspecified atom stereocenters. The monoisotopic (exact) mass is 317 g/mol. The lowest BCUT2D eigenvalue weighted by molar-refractivity contribution is 0.0719. The third-order valence-corrected chi connectivity index (χ3v) is 3.20. The minimum Gasteiger partial charge on any atom is -0.497 e. The topological polar surface area (TPSA) is 39.7 Å². The second kappa shape index (κ2) is 9.33. The van der Waals surface area contributed by atoms with Crippen molar-refractivity contribution >= 4 is 15.9 Å². The van der Waals surface area contributed by atoms with Gasteiger partial charge in [-0.1, -0.05) is 15.9 Å². The van der Waals surface area contributed by atoms with Gasteiger partial charge >= 0.3 is 0 Å². The predicted molar refractivity (Wildman–Crippen MR) is 75.1 cm³/mol. The van der Waals surface area contributed by atoms with Crippen molar-refractivity contribution in [2.24, 2.45) is 0 Å². The first kappa shape index (κ1) is 15.4. The number of nitrogens with one attached hydrogen (secondary N) is 1. The van der Waals surface area contributed by atoms with Crippen molar-refractivity contribution in [3.63, 3.8) is 0 Å². The van der Waals surface area contributed by atoms with Crippen LogP contribution in [0.15, 0.2) is 22.7 Å². The van der Waals surface area contributed by atoms with Crippen LogP contribution in [0, 0.1) is 0 Å². The molecule has 0 radical (unpaired) electrons. The van der Waals surface area contributed by atoms with Gasteiger partial charge in [0.15, 0.2) is 0 Å².